The molecule has 0 aliphatic carbocycles. The summed E-state index contributed by atoms with van der Waals surface area (Å²) in [4.78, 5) is 2.38. The van der Waals surface area contributed by atoms with E-state index in [0.29, 0.717) is 6.04 Å². The maximum absolute atomic E-state index is 8.79. The van der Waals surface area contributed by atoms with E-state index in [0.717, 1.165) is 18.7 Å². The minimum atomic E-state index is 0.131. The highest BCUT2D eigenvalue weighted by molar-refractivity contribution is 5.50. The van der Waals surface area contributed by atoms with E-state index >= 15 is 0 Å². The molecule has 1 heterocycles. The third-order valence-electron chi connectivity index (χ3n) is 3.08. The third-order valence-corrected chi connectivity index (χ3v) is 3.08. The number of hydrogen-bond donors (Lipinski definition) is 1. The monoisotopic (exact) mass is 229 g/mol. The van der Waals surface area contributed by atoms with Crippen LogP contribution in [0.15, 0.2) is 24.3 Å². The van der Waals surface area contributed by atoms with E-state index in [-0.39, 0.29) is 5.54 Å². The minimum absolute atomic E-state index is 0.131. The lowest BCUT2D eigenvalue weighted by molar-refractivity contribution is 0.301. The van der Waals surface area contributed by atoms with Gasteiger partial charge >= 0.3 is 0 Å². The minimum Gasteiger partial charge on any atom is -0.368 e. The summed E-state index contributed by atoms with van der Waals surface area (Å²) in [6, 6.07) is 10.5. The zero-order valence-corrected chi connectivity index (χ0v) is 10.7. The van der Waals surface area contributed by atoms with Crippen LogP contribution >= 0.6 is 0 Å². The van der Waals surface area contributed by atoms with Crippen molar-refractivity contribution in [3.8, 4) is 6.07 Å². The first-order chi connectivity index (χ1) is 8.00. The van der Waals surface area contributed by atoms with Crippen molar-refractivity contribution in [3.05, 3.63) is 29.8 Å². The van der Waals surface area contributed by atoms with Crippen LogP contribution in [0.25, 0.3) is 0 Å². The van der Waals surface area contributed by atoms with Gasteiger partial charge in [0.1, 0.15) is 0 Å². The quantitative estimate of drug-likeness (QED) is 0.802. The fourth-order valence-electron chi connectivity index (χ4n) is 2.57. The van der Waals surface area contributed by atoms with Crippen molar-refractivity contribution in [2.75, 3.05) is 18.0 Å². The van der Waals surface area contributed by atoms with Gasteiger partial charge in [-0.05, 0) is 45.0 Å². The molecule has 17 heavy (non-hydrogen) atoms. The van der Waals surface area contributed by atoms with Gasteiger partial charge in [0.15, 0.2) is 0 Å². The van der Waals surface area contributed by atoms with Crippen LogP contribution in [0.4, 0.5) is 5.69 Å². The van der Waals surface area contributed by atoms with E-state index in [1.165, 1.54) is 5.69 Å². The second kappa shape index (κ2) is 4.38. The molecule has 3 heteroatoms. The van der Waals surface area contributed by atoms with Crippen molar-refractivity contribution >= 4 is 5.69 Å². The molecule has 2 rings (SSSR count). The normalized spacial score (nSPS) is 23.2. The van der Waals surface area contributed by atoms with Crippen molar-refractivity contribution in [2.45, 2.75) is 32.4 Å². The van der Waals surface area contributed by atoms with Crippen LogP contribution in [-0.2, 0) is 0 Å². The van der Waals surface area contributed by atoms with Gasteiger partial charge in [0.2, 0.25) is 0 Å². The van der Waals surface area contributed by atoms with Gasteiger partial charge in [0, 0.05) is 30.4 Å². The molecule has 1 atom stereocenters. The summed E-state index contributed by atoms with van der Waals surface area (Å²) in [5.41, 5.74) is 2.05. The number of hydrogen-bond acceptors (Lipinski definition) is 3. The van der Waals surface area contributed by atoms with Gasteiger partial charge in [-0.3, -0.25) is 0 Å². The van der Waals surface area contributed by atoms with Crippen molar-refractivity contribution in [2.24, 2.45) is 0 Å². The zero-order valence-electron chi connectivity index (χ0n) is 10.7. The molecule has 1 aromatic rings. The molecule has 0 bridgehead atoms. The summed E-state index contributed by atoms with van der Waals surface area (Å²) in [6.45, 7) is 8.65. The molecule has 1 aromatic carbocycles. The summed E-state index contributed by atoms with van der Waals surface area (Å²) in [5.74, 6) is 0. The summed E-state index contributed by atoms with van der Waals surface area (Å²) in [6.07, 6.45) is 0. The Morgan fingerprint density at radius 3 is 2.53 bits per heavy atom. The predicted molar refractivity (Wildman–Crippen MR) is 70.0 cm³/mol. The Morgan fingerprint density at radius 1 is 1.35 bits per heavy atom. The Bertz CT molecular complexity index is 428. The molecule has 1 unspecified atom stereocenters. The van der Waals surface area contributed by atoms with Gasteiger partial charge in [0.25, 0.3) is 0 Å². The number of nitriles is 1. The molecule has 0 radical (unpaired) electrons. The lowest BCUT2D eigenvalue weighted by Crippen LogP contribution is -2.61. The fourth-order valence-corrected chi connectivity index (χ4v) is 2.57. The number of nitrogens with one attached hydrogen (secondary N) is 1. The van der Waals surface area contributed by atoms with E-state index < -0.39 is 0 Å². The van der Waals surface area contributed by atoms with Gasteiger partial charge in [-0.1, -0.05) is 0 Å². The lowest BCUT2D eigenvalue weighted by atomic mass is 9.98. The standard InChI is InChI=1S/C14H19N3/c1-11-9-17(10-14(2,3)16-11)13-6-4-12(8-15)5-7-13/h4-7,11,16H,9-10H2,1-3H3. The average molecular weight is 229 g/mol. The summed E-state index contributed by atoms with van der Waals surface area (Å²) in [5, 5.41) is 12.4. The molecule has 0 aromatic heterocycles. The van der Waals surface area contributed by atoms with Gasteiger partial charge in [-0.25, -0.2) is 0 Å². The van der Waals surface area contributed by atoms with Crippen LogP contribution in [0, 0.1) is 11.3 Å². The SMILES string of the molecule is CC1CN(c2ccc(C#N)cc2)CC(C)(C)N1. The number of piperazine rings is 1. The molecule has 1 aliphatic rings. The largest absolute Gasteiger partial charge is 0.368 e. The first kappa shape index (κ1) is 11.9. The molecule has 90 valence electrons. The number of nitrogens with zero attached hydrogens (tertiary/aromatic N) is 2. The third kappa shape index (κ3) is 2.78. The van der Waals surface area contributed by atoms with Crippen molar-refractivity contribution in [1.82, 2.24) is 5.32 Å². The second-order valence-corrected chi connectivity index (χ2v) is 5.47. The van der Waals surface area contributed by atoms with Crippen LogP contribution in [0.3, 0.4) is 0 Å². The molecule has 1 aliphatic heterocycles. The van der Waals surface area contributed by atoms with Crippen LogP contribution in [0.5, 0.6) is 0 Å². The molecule has 1 N–H and O–H groups in total. The van der Waals surface area contributed by atoms with Gasteiger partial charge in [-0.2, -0.15) is 5.26 Å². The summed E-state index contributed by atoms with van der Waals surface area (Å²) in [7, 11) is 0. The van der Waals surface area contributed by atoms with Crippen molar-refractivity contribution < 1.29 is 0 Å². The maximum Gasteiger partial charge on any atom is 0.0991 e. The van der Waals surface area contributed by atoms with Gasteiger partial charge < -0.3 is 10.2 Å². The van der Waals surface area contributed by atoms with E-state index in [1.54, 1.807) is 0 Å². The maximum atomic E-state index is 8.79. The molecule has 1 fully saturated rings. The molecule has 0 spiro atoms. The first-order valence-corrected chi connectivity index (χ1v) is 6.03. The topological polar surface area (TPSA) is 39.1 Å². The van der Waals surface area contributed by atoms with E-state index in [9.17, 15) is 0 Å². The van der Waals surface area contributed by atoms with Crippen LogP contribution in [-0.4, -0.2) is 24.7 Å². The number of anilines is 1. The summed E-state index contributed by atoms with van der Waals surface area (Å²) < 4.78 is 0. The van der Waals surface area contributed by atoms with Crippen LogP contribution < -0.4 is 10.2 Å². The Labute approximate surface area is 103 Å². The molecule has 0 amide bonds. The van der Waals surface area contributed by atoms with Crippen LogP contribution in [0.1, 0.15) is 26.3 Å². The highest BCUT2D eigenvalue weighted by atomic mass is 15.2. The Balaban J connectivity index is 2.18. The summed E-state index contributed by atoms with van der Waals surface area (Å²) >= 11 is 0. The van der Waals surface area contributed by atoms with Crippen molar-refractivity contribution in [1.29, 1.82) is 5.26 Å². The Morgan fingerprint density at radius 2 is 2.00 bits per heavy atom. The zero-order chi connectivity index (χ0) is 12.5. The van der Waals surface area contributed by atoms with Gasteiger partial charge in [0.05, 0.1) is 11.6 Å². The van der Waals surface area contributed by atoms with E-state index in [2.05, 4.69) is 37.1 Å². The van der Waals surface area contributed by atoms with Crippen LogP contribution in [0.2, 0.25) is 0 Å². The molecule has 1 saturated heterocycles. The lowest BCUT2D eigenvalue weighted by Gasteiger charge is -2.44. The fraction of sp³-hybridized carbons (Fsp3) is 0.500. The first-order valence-electron chi connectivity index (χ1n) is 6.03. The Kier molecular flexibility index (Phi) is 3.08. The highest BCUT2D eigenvalue weighted by Gasteiger charge is 2.29. The molecular weight excluding hydrogens is 210 g/mol. The molecule has 3 nitrogen and oxygen atoms in total. The highest BCUT2D eigenvalue weighted by Crippen LogP contribution is 2.22. The second-order valence-electron chi connectivity index (χ2n) is 5.47. The van der Waals surface area contributed by atoms with Gasteiger partial charge in [-0.15, -0.1) is 0 Å². The molecular formula is C14H19N3. The van der Waals surface area contributed by atoms with E-state index in [4.69, 9.17) is 5.26 Å². The Hall–Kier alpha value is -1.53. The smallest absolute Gasteiger partial charge is 0.0991 e. The molecule has 0 saturated carbocycles. The number of benzene rings is 1. The average Bonchev–Trinajstić information content (AvgIpc) is 2.26. The van der Waals surface area contributed by atoms with E-state index in [1.807, 2.05) is 24.3 Å². The predicted octanol–water partition coefficient (Wildman–Crippen LogP) is 2.13. The van der Waals surface area contributed by atoms with Crippen molar-refractivity contribution in [3.63, 3.8) is 0 Å². The number of rotatable bonds is 1.